The van der Waals surface area contributed by atoms with Gasteiger partial charge in [0.25, 0.3) is 0 Å². The van der Waals surface area contributed by atoms with Gasteiger partial charge in [-0.1, -0.05) is 107 Å². The van der Waals surface area contributed by atoms with Crippen molar-refractivity contribution < 1.29 is 10.2 Å². The summed E-state index contributed by atoms with van der Waals surface area (Å²) in [6, 6.07) is 8.64. The highest BCUT2D eigenvalue weighted by molar-refractivity contribution is 5.49. The molecule has 4 nitrogen and oxygen atoms in total. The Morgan fingerprint density at radius 3 is 1.43 bits per heavy atom. The average Bonchev–Trinajstić information content (AvgIpc) is 2.70. The van der Waals surface area contributed by atoms with Gasteiger partial charge >= 0.3 is 0 Å². The van der Waals surface area contributed by atoms with E-state index in [4.69, 9.17) is 0 Å². The summed E-state index contributed by atoms with van der Waals surface area (Å²) in [6.45, 7) is 29.1. The van der Waals surface area contributed by atoms with Gasteiger partial charge in [0, 0.05) is 37.3 Å². The van der Waals surface area contributed by atoms with Crippen LogP contribution in [0.2, 0.25) is 0 Å². The number of nitrogens with one attached hydrogen (secondary N) is 1. The summed E-state index contributed by atoms with van der Waals surface area (Å²) >= 11 is 0. The number of phenols is 2. The normalized spacial score (nSPS) is 13.5. The smallest absolute Gasteiger partial charge is 0.123 e. The third-order valence-electron chi connectivity index (χ3n) is 7.15. The first-order valence-electron chi connectivity index (χ1n) is 13.8. The van der Waals surface area contributed by atoms with Gasteiger partial charge in [-0.15, -0.1) is 0 Å². The molecule has 2 aromatic rings. The lowest BCUT2D eigenvalue weighted by Crippen LogP contribution is -2.29. The van der Waals surface area contributed by atoms with E-state index in [2.05, 4.69) is 125 Å². The van der Waals surface area contributed by atoms with Gasteiger partial charge in [0.05, 0.1) is 0 Å². The van der Waals surface area contributed by atoms with E-state index in [1.54, 1.807) is 0 Å². The Labute approximate surface area is 227 Å². The highest BCUT2D eigenvalue weighted by Gasteiger charge is 2.26. The van der Waals surface area contributed by atoms with E-state index < -0.39 is 0 Å². The Hall–Kier alpha value is -2.04. The Morgan fingerprint density at radius 1 is 0.622 bits per heavy atom. The highest BCUT2D eigenvalue weighted by atomic mass is 16.3. The predicted molar refractivity (Wildman–Crippen MR) is 159 cm³/mol. The molecule has 2 aromatic carbocycles. The van der Waals surface area contributed by atoms with E-state index in [0.717, 1.165) is 35.3 Å². The molecular formula is C33H54N2O2. The van der Waals surface area contributed by atoms with Crippen LogP contribution >= 0.6 is 0 Å². The maximum absolute atomic E-state index is 11.1. The number of hydrogen-bond donors (Lipinski definition) is 3. The van der Waals surface area contributed by atoms with Crippen molar-refractivity contribution in [3.8, 4) is 11.5 Å². The molecule has 2 rings (SSSR count). The molecule has 0 unspecified atom stereocenters. The quantitative estimate of drug-likeness (QED) is 0.337. The van der Waals surface area contributed by atoms with E-state index in [1.165, 1.54) is 11.1 Å². The number of likely N-dealkylation sites (N-methyl/N-ethyl adjacent to an activating group) is 1. The van der Waals surface area contributed by atoms with Crippen molar-refractivity contribution in [3.63, 3.8) is 0 Å². The molecule has 3 N–H and O–H groups in total. The van der Waals surface area contributed by atoms with Gasteiger partial charge in [0.1, 0.15) is 11.5 Å². The molecule has 0 aromatic heterocycles. The molecule has 0 atom stereocenters. The zero-order chi connectivity index (χ0) is 28.6. The second kappa shape index (κ2) is 11.0. The van der Waals surface area contributed by atoms with Crippen LogP contribution in [0.3, 0.4) is 0 Å². The second-order valence-corrected chi connectivity index (χ2v) is 15.0. The molecule has 0 radical (unpaired) electrons. The lowest BCUT2D eigenvalue weighted by molar-refractivity contribution is 0.315. The zero-order valence-electron chi connectivity index (χ0n) is 26.0. The minimum Gasteiger partial charge on any atom is -0.507 e. The topological polar surface area (TPSA) is 55.7 Å². The molecular weight excluding hydrogens is 456 g/mol. The molecule has 0 fully saturated rings. The Kier molecular flexibility index (Phi) is 9.25. The van der Waals surface area contributed by atoms with Gasteiger partial charge in [-0.2, -0.15) is 0 Å². The van der Waals surface area contributed by atoms with Crippen LogP contribution < -0.4 is 5.32 Å². The van der Waals surface area contributed by atoms with Gasteiger partial charge in [-0.25, -0.2) is 0 Å². The lowest BCUT2D eigenvalue weighted by Gasteiger charge is -2.29. The average molecular weight is 511 g/mol. The fourth-order valence-corrected chi connectivity index (χ4v) is 4.52. The molecule has 208 valence electrons. The van der Waals surface area contributed by atoms with Crippen LogP contribution in [-0.4, -0.2) is 35.3 Å². The van der Waals surface area contributed by atoms with E-state index >= 15 is 0 Å². The second-order valence-electron chi connectivity index (χ2n) is 15.0. The molecule has 0 saturated heterocycles. The van der Waals surface area contributed by atoms with Crippen molar-refractivity contribution in [1.82, 2.24) is 10.2 Å². The number of phenolic OH excluding ortho intramolecular Hbond substituents is 2. The Balaban J connectivity index is 2.15. The van der Waals surface area contributed by atoms with E-state index in [0.29, 0.717) is 24.6 Å². The minimum atomic E-state index is -0.129. The number of aromatic hydroxyl groups is 2. The molecule has 0 aliphatic heterocycles. The summed E-state index contributed by atoms with van der Waals surface area (Å²) < 4.78 is 0. The molecule has 0 saturated carbocycles. The summed E-state index contributed by atoms with van der Waals surface area (Å²) in [7, 11) is 2.09. The molecule has 0 aliphatic rings. The number of benzene rings is 2. The summed E-state index contributed by atoms with van der Waals surface area (Å²) in [5, 5.41) is 25.7. The molecule has 4 heteroatoms. The fourth-order valence-electron chi connectivity index (χ4n) is 4.52. The zero-order valence-corrected chi connectivity index (χ0v) is 26.0. The number of rotatable bonds is 7. The summed E-state index contributed by atoms with van der Waals surface area (Å²) in [5.74, 6) is 0.818. The van der Waals surface area contributed by atoms with Crippen molar-refractivity contribution in [1.29, 1.82) is 0 Å². The third kappa shape index (κ3) is 8.22. The van der Waals surface area contributed by atoms with Crippen molar-refractivity contribution >= 4 is 0 Å². The van der Waals surface area contributed by atoms with Crippen LogP contribution in [0.15, 0.2) is 24.3 Å². The lowest BCUT2D eigenvalue weighted by atomic mass is 9.79. The fraction of sp³-hybridized carbons (Fsp3) is 0.636. The van der Waals surface area contributed by atoms with Gasteiger partial charge in [0.15, 0.2) is 0 Å². The predicted octanol–water partition coefficient (Wildman–Crippen LogP) is 7.51. The molecule has 0 amide bonds. The van der Waals surface area contributed by atoms with E-state index in [1.807, 2.05) is 0 Å². The third-order valence-corrected chi connectivity index (χ3v) is 7.15. The van der Waals surface area contributed by atoms with Crippen LogP contribution in [0.5, 0.6) is 11.5 Å². The van der Waals surface area contributed by atoms with E-state index in [9.17, 15) is 10.2 Å². The van der Waals surface area contributed by atoms with Crippen LogP contribution in [0.4, 0.5) is 0 Å². The minimum absolute atomic E-state index is 0.0120. The number of hydrogen-bond acceptors (Lipinski definition) is 4. The van der Waals surface area contributed by atoms with Crippen molar-refractivity contribution in [3.05, 3.63) is 57.6 Å². The van der Waals surface area contributed by atoms with Crippen molar-refractivity contribution in [2.75, 3.05) is 20.1 Å². The molecule has 37 heavy (non-hydrogen) atoms. The Morgan fingerprint density at radius 2 is 1.03 bits per heavy atom. The first-order valence-corrected chi connectivity index (χ1v) is 13.8. The maximum atomic E-state index is 11.1. The van der Waals surface area contributed by atoms with Crippen LogP contribution in [0.25, 0.3) is 0 Å². The first kappa shape index (κ1) is 31.2. The summed E-state index contributed by atoms with van der Waals surface area (Å²) in [5.41, 5.74) is 6.19. The number of nitrogens with zero attached hydrogens (tertiary/aromatic N) is 1. The van der Waals surface area contributed by atoms with Gasteiger partial charge in [-0.05, 0) is 51.0 Å². The van der Waals surface area contributed by atoms with Gasteiger partial charge in [0.2, 0.25) is 0 Å². The molecule has 0 heterocycles. The molecule has 0 aliphatic carbocycles. The van der Waals surface area contributed by atoms with Crippen LogP contribution in [0.1, 0.15) is 116 Å². The summed E-state index contributed by atoms with van der Waals surface area (Å²) in [6.07, 6.45) is 0. The van der Waals surface area contributed by atoms with Crippen molar-refractivity contribution in [2.45, 2.75) is 118 Å². The van der Waals surface area contributed by atoms with Gasteiger partial charge < -0.3 is 20.4 Å². The van der Waals surface area contributed by atoms with Crippen LogP contribution in [0, 0.1) is 0 Å². The Bertz CT molecular complexity index is 1070. The maximum Gasteiger partial charge on any atom is 0.123 e. The van der Waals surface area contributed by atoms with Crippen molar-refractivity contribution in [2.24, 2.45) is 0 Å². The monoisotopic (exact) mass is 510 g/mol. The molecule has 0 bridgehead atoms. The molecule has 0 spiro atoms. The first-order chi connectivity index (χ1) is 16.6. The highest BCUT2D eigenvalue weighted by Crippen LogP contribution is 2.39. The largest absolute Gasteiger partial charge is 0.507 e. The standard InChI is InChI=1S/C33H54N2O2/c1-30(2,3)24-16-22(28(36)26(18-24)32(7,8)9)20-34-14-15-35(13)21-23-17-25(31(4,5)6)19-27(29(23)37)33(10,11)12/h16-19,34,36-37H,14-15,20-21H2,1-13H3. The van der Waals surface area contributed by atoms with E-state index in [-0.39, 0.29) is 21.7 Å². The SMILES string of the molecule is CN(CCNCc1cc(C(C)(C)C)cc(C(C)(C)C)c1O)Cc1cc(C(C)(C)C)cc(C(C)(C)C)c1O. The summed E-state index contributed by atoms with van der Waals surface area (Å²) in [4.78, 5) is 2.24. The van der Waals surface area contributed by atoms with Gasteiger partial charge in [-0.3, -0.25) is 0 Å². The van der Waals surface area contributed by atoms with Crippen LogP contribution in [-0.2, 0) is 34.7 Å².